The second-order valence-corrected chi connectivity index (χ2v) is 5.33. The maximum absolute atomic E-state index is 12.0. The van der Waals surface area contributed by atoms with E-state index >= 15 is 0 Å². The van der Waals surface area contributed by atoms with Gasteiger partial charge in [0.1, 0.15) is 5.15 Å². The molecule has 0 bridgehead atoms. The summed E-state index contributed by atoms with van der Waals surface area (Å²) in [7, 11) is 0. The van der Waals surface area contributed by atoms with Gasteiger partial charge in [-0.25, -0.2) is 4.98 Å². The number of hydrogen-bond acceptors (Lipinski definition) is 3. The summed E-state index contributed by atoms with van der Waals surface area (Å²) in [5.41, 5.74) is 1.10. The van der Waals surface area contributed by atoms with E-state index in [9.17, 15) is 9.59 Å². The van der Waals surface area contributed by atoms with E-state index in [0.717, 1.165) is 25.9 Å². The van der Waals surface area contributed by atoms with Crippen LogP contribution < -0.4 is 5.32 Å². The third-order valence-corrected chi connectivity index (χ3v) is 3.49. The first-order chi connectivity index (χ1) is 9.56. The van der Waals surface area contributed by atoms with E-state index in [4.69, 9.17) is 11.6 Å². The quantitative estimate of drug-likeness (QED) is 0.865. The third-order valence-electron chi connectivity index (χ3n) is 3.29. The molecule has 108 valence electrons. The molecule has 1 saturated heterocycles. The largest absolute Gasteiger partial charge is 0.343 e. The number of hydrogen-bond donors (Lipinski definition) is 1. The predicted octanol–water partition coefficient (Wildman–Crippen LogP) is 1.79. The van der Waals surface area contributed by atoms with Gasteiger partial charge in [0, 0.05) is 24.3 Å². The van der Waals surface area contributed by atoms with Crippen LogP contribution in [0.5, 0.6) is 0 Å². The highest BCUT2D eigenvalue weighted by Crippen LogP contribution is 2.11. The first-order valence-electron chi connectivity index (χ1n) is 6.76. The van der Waals surface area contributed by atoms with Crippen molar-refractivity contribution in [2.24, 2.45) is 0 Å². The minimum Gasteiger partial charge on any atom is -0.343 e. The Balaban J connectivity index is 1.89. The van der Waals surface area contributed by atoms with E-state index in [1.807, 2.05) is 0 Å². The van der Waals surface area contributed by atoms with Crippen molar-refractivity contribution in [3.63, 3.8) is 0 Å². The molecule has 2 amide bonds. The van der Waals surface area contributed by atoms with Crippen LogP contribution in [0.3, 0.4) is 0 Å². The van der Waals surface area contributed by atoms with Gasteiger partial charge >= 0.3 is 0 Å². The number of carbonyl (C=O) groups is 2. The number of halogens is 1. The molecule has 20 heavy (non-hydrogen) atoms. The Labute approximate surface area is 123 Å². The van der Waals surface area contributed by atoms with Gasteiger partial charge in [-0.3, -0.25) is 9.59 Å². The maximum atomic E-state index is 12.0. The zero-order chi connectivity index (χ0) is 14.5. The molecule has 1 N–H and O–H groups in total. The molecule has 0 aliphatic carbocycles. The molecular formula is C14H18ClN3O2. The first-order valence-corrected chi connectivity index (χ1v) is 7.14. The van der Waals surface area contributed by atoms with E-state index in [-0.39, 0.29) is 23.5 Å². The summed E-state index contributed by atoms with van der Waals surface area (Å²) in [6.45, 7) is 3.36. The van der Waals surface area contributed by atoms with Crippen LogP contribution >= 0.6 is 11.6 Å². The Morgan fingerprint density at radius 2 is 2.00 bits per heavy atom. The van der Waals surface area contributed by atoms with Gasteiger partial charge in [-0.1, -0.05) is 11.6 Å². The molecule has 6 heteroatoms. The lowest BCUT2D eigenvalue weighted by Crippen LogP contribution is -2.42. The van der Waals surface area contributed by atoms with E-state index in [2.05, 4.69) is 10.3 Å². The van der Waals surface area contributed by atoms with Gasteiger partial charge in [-0.05, 0) is 38.3 Å². The van der Waals surface area contributed by atoms with Gasteiger partial charge in [0.15, 0.2) is 0 Å². The molecule has 2 heterocycles. The van der Waals surface area contributed by atoms with Crippen molar-refractivity contribution in [2.75, 3.05) is 19.6 Å². The first kappa shape index (κ1) is 14.8. The summed E-state index contributed by atoms with van der Waals surface area (Å²) < 4.78 is 0. The van der Waals surface area contributed by atoms with Gasteiger partial charge in [0.05, 0.1) is 6.54 Å². The lowest BCUT2D eigenvalue weighted by Gasteiger charge is -2.26. The molecule has 1 aromatic rings. The molecule has 1 aliphatic rings. The second-order valence-electron chi connectivity index (χ2n) is 4.94. The molecule has 5 nitrogen and oxygen atoms in total. The van der Waals surface area contributed by atoms with Crippen LogP contribution in [0, 0.1) is 6.92 Å². The Hall–Kier alpha value is -1.62. The van der Waals surface area contributed by atoms with Crippen LogP contribution in [-0.2, 0) is 4.79 Å². The van der Waals surface area contributed by atoms with Gasteiger partial charge in [-0.15, -0.1) is 0 Å². The zero-order valence-electron chi connectivity index (χ0n) is 11.5. The normalized spacial score (nSPS) is 15.0. The van der Waals surface area contributed by atoms with Gasteiger partial charge in [0.2, 0.25) is 5.91 Å². The fourth-order valence-corrected chi connectivity index (χ4v) is 2.52. The maximum Gasteiger partial charge on any atom is 0.251 e. The number of aryl methyl sites for hydroxylation is 1. The van der Waals surface area contributed by atoms with Crippen LogP contribution in [0.2, 0.25) is 5.15 Å². The molecule has 1 aliphatic heterocycles. The molecule has 0 aromatic carbocycles. The van der Waals surface area contributed by atoms with Crippen LogP contribution in [0.15, 0.2) is 12.1 Å². The second kappa shape index (κ2) is 6.70. The molecule has 0 spiro atoms. The van der Waals surface area contributed by atoms with Crippen molar-refractivity contribution in [1.29, 1.82) is 0 Å². The molecule has 1 fully saturated rings. The highest BCUT2D eigenvalue weighted by molar-refractivity contribution is 6.29. The number of nitrogens with zero attached hydrogens (tertiary/aromatic N) is 2. The summed E-state index contributed by atoms with van der Waals surface area (Å²) in [4.78, 5) is 29.7. The van der Waals surface area contributed by atoms with E-state index in [1.54, 1.807) is 17.9 Å². The fourth-order valence-electron chi connectivity index (χ4n) is 2.27. The molecule has 2 rings (SSSR count). The van der Waals surface area contributed by atoms with Gasteiger partial charge in [-0.2, -0.15) is 0 Å². The zero-order valence-corrected chi connectivity index (χ0v) is 12.2. The number of rotatable bonds is 3. The Morgan fingerprint density at radius 3 is 2.65 bits per heavy atom. The monoisotopic (exact) mass is 295 g/mol. The summed E-state index contributed by atoms with van der Waals surface area (Å²) in [5, 5.41) is 2.91. The van der Waals surface area contributed by atoms with E-state index in [0.29, 0.717) is 11.3 Å². The van der Waals surface area contributed by atoms with E-state index < -0.39 is 0 Å². The molecule has 0 atom stereocenters. The predicted molar refractivity (Wildman–Crippen MR) is 76.7 cm³/mol. The van der Waals surface area contributed by atoms with E-state index in [1.165, 1.54) is 12.5 Å². The minimum atomic E-state index is -0.303. The topological polar surface area (TPSA) is 62.3 Å². The van der Waals surface area contributed by atoms with Crippen molar-refractivity contribution >= 4 is 23.4 Å². The van der Waals surface area contributed by atoms with Crippen molar-refractivity contribution in [3.8, 4) is 0 Å². The lowest BCUT2D eigenvalue weighted by atomic mass is 10.1. The Kier molecular flexibility index (Phi) is 4.95. The minimum absolute atomic E-state index is 0.0256. The molecule has 0 saturated carbocycles. The van der Waals surface area contributed by atoms with Crippen molar-refractivity contribution in [2.45, 2.75) is 26.2 Å². The number of carbonyl (C=O) groups excluding carboxylic acids is 2. The van der Waals surface area contributed by atoms with Crippen LogP contribution in [0.4, 0.5) is 0 Å². The summed E-state index contributed by atoms with van der Waals surface area (Å²) >= 11 is 5.81. The molecule has 1 aromatic heterocycles. The lowest BCUT2D eigenvalue weighted by molar-refractivity contribution is -0.130. The summed E-state index contributed by atoms with van der Waals surface area (Å²) in [5.74, 6) is -0.335. The van der Waals surface area contributed by atoms with Gasteiger partial charge in [0.25, 0.3) is 5.91 Å². The number of aromatic nitrogens is 1. The fraction of sp³-hybridized carbons (Fsp3) is 0.500. The molecule has 0 unspecified atom stereocenters. The average Bonchev–Trinajstić information content (AvgIpc) is 2.44. The highest BCUT2D eigenvalue weighted by Gasteiger charge is 2.17. The smallest absolute Gasteiger partial charge is 0.251 e. The molecule has 0 radical (unpaired) electrons. The number of pyridine rings is 1. The number of likely N-dealkylation sites (tertiary alicyclic amines) is 1. The number of amides is 2. The van der Waals surface area contributed by atoms with Gasteiger partial charge < -0.3 is 10.2 Å². The number of piperidine rings is 1. The SMILES string of the molecule is Cc1cc(C(=O)NCC(=O)N2CCCCC2)cc(Cl)n1. The van der Waals surface area contributed by atoms with Crippen LogP contribution in [0.25, 0.3) is 0 Å². The Bertz CT molecular complexity index is 493. The standard InChI is InChI=1S/C14H18ClN3O2/c1-10-7-11(8-12(15)17-10)14(20)16-9-13(19)18-5-3-2-4-6-18/h7-8H,2-6,9H2,1H3,(H,16,20). The Morgan fingerprint density at radius 1 is 1.30 bits per heavy atom. The highest BCUT2D eigenvalue weighted by atomic mass is 35.5. The number of nitrogens with one attached hydrogen (secondary N) is 1. The average molecular weight is 296 g/mol. The van der Waals surface area contributed by atoms with Crippen molar-refractivity contribution in [3.05, 3.63) is 28.5 Å². The van der Waals surface area contributed by atoms with Crippen LogP contribution in [0.1, 0.15) is 35.3 Å². The summed E-state index contributed by atoms with van der Waals surface area (Å²) in [6.07, 6.45) is 3.25. The van der Waals surface area contributed by atoms with Crippen LogP contribution in [-0.4, -0.2) is 41.3 Å². The van der Waals surface area contributed by atoms with Crippen molar-refractivity contribution in [1.82, 2.24) is 15.2 Å². The third kappa shape index (κ3) is 3.93. The van der Waals surface area contributed by atoms with Crippen molar-refractivity contribution < 1.29 is 9.59 Å². The summed E-state index contributed by atoms with van der Waals surface area (Å²) in [6, 6.07) is 3.14. The molecular weight excluding hydrogens is 278 g/mol.